The molecule has 3 heterocycles. The first-order chi connectivity index (χ1) is 14.2. The topological polar surface area (TPSA) is 54.2 Å². The van der Waals surface area contributed by atoms with Crippen molar-refractivity contribution in [2.45, 2.75) is 45.8 Å². The highest BCUT2D eigenvalue weighted by Crippen LogP contribution is 2.39. The maximum Gasteiger partial charge on any atom is 0.416 e. The zero-order valence-electron chi connectivity index (χ0n) is 17.3. The zero-order chi connectivity index (χ0) is 21.6. The average molecular weight is 418 g/mol. The van der Waals surface area contributed by atoms with Crippen LogP contribution in [0.2, 0.25) is 0 Å². The molecular weight excluding hydrogens is 393 g/mol. The number of nitrogens with zero attached hydrogens (tertiary/aromatic N) is 4. The Kier molecular flexibility index (Phi) is 5.22. The molecule has 30 heavy (non-hydrogen) atoms. The van der Waals surface area contributed by atoms with Gasteiger partial charge in [0.05, 0.1) is 11.3 Å². The third-order valence-corrected chi connectivity index (χ3v) is 6.00. The molecule has 0 amide bonds. The van der Waals surface area contributed by atoms with Gasteiger partial charge in [-0.25, -0.2) is 0 Å². The number of alkyl halides is 3. The lowest BCUT2D eigenvalue weighted by atomic mass is 10.00. The van der Waals surface area contributed by atoms with Gasteiger partial charge in [-0.15, -0.1) is 10.2 Å². The van der Waals surface area contributed by atoms with E-state index < -0.39 is 17.5 Å². The van der Waals surface area contributed by atoms with E-state index in [1.165, 1.54) is 6.92 Å². The number of halogens is 3. The summed E-state index contributed by atoms with van der Waals surface area (Å²) in [6, 6.07) is 3.90. The van der Waals surface area contributed by atoms with E-state index in [0.29, 0.717) is 17.3 Å². The Bertz CT molecular complexity index is 1070. The Labute approximate surface area is 173 Å². The molecular formula is C22H25F3N4O. The fourth-order valence-electron chi connectivity index (χ4n) is 4.42. The molecule has 1 atom stereocenters. The molecule has 1 aromatic carbocycles. The number of aromatic nitrogens is 3. The Hall–Kier alpha value is -2.61. The normalized spacial score (nSPS) is 18.3. The molecule has 0 unspecified atom stereocenters. The highest BCUT2D eigenvalue weighted by atomic mass is 19.4. The lowest BCUT2D eigenvalue weighted by Gasteiger charge is -2.32. The summed E-state index contributed by atoms with van der Waals surface area (Å²) in [5.74, 6) is -0.445. The number of phenols is 1. The molecule has 1 saturated heterocycles. The van der Waals surface area contributed by atoms with Crippen LogP contribution in [0.1, 0.15) is 42.5 Å². The molecule has 160 valence electrons. The number of piperidine rings is 1. The monoisotopic (exact) mass is 418 g/mol. The van der Waals surface area contributed by atoms with Crippen molar-refractivity contribution < 1.29 is 18.3 Å². The van der Waals surface area contributed by atoms with Crippen LogP contribution in [0.5, 0.6) is 5.75 Å². The molecule has 4 rings (SSSR count). The van der Waals surface area contributed by atoms with E-state index in [-0.39, 0.29) is 5.56 Å². The van der Waals surface area contributed by atoms with Crippen LogP contribution in [-0.2, 0) is 6.18 Å². The second-order valence-corrected chi connectivity index (χ2v) is 8.06. The van der Waals surface area contributed by atoms with E-state index in [9.17, 15) is 18.3 Å². The van der Waals surface area contributed by atoms with E-state index >= 15 is 0 Å². The van der Waals surface area contributed by atoms with Gasteiger partial charge in [0, 0.05) is 29.7 Å². The van der Waals surface area contributed by atoms with Crippen molar-refractivity contribution >= 4 is 11.0 Å². The first kappa shape index (κ1) is 20.7. The molecule has 8 heteroatoms. The van der Waals surface area contributed by atoms with Gasteiger partial charge in [0.25, 0.3) is 0 Å². The van der Waals surface area contributed by atoms with Gasteiger partial charge in [0.2, 0.25) is 0 Å². The van der Waals surface area contributed by atoms with Gasteiger partial charge in [0.15, 0.2) is 5.65 Å². The Morgan fingerprint density at radius 1 is 1.13 bits per heavy atom. The quantitative estimate of drug-likeness (QED) is 0.643. The van der Waals surface area contributed by atoms with Crippen molar-refractivity contribution in [3.05, 3.63) is 41.1 Å². The van der Waals surface area contributed by atoms with Crippen LogP contribution >= 0.6 is 0 Å². The first-order valence-electron chi connectivity index (χ1n) is 10.2. The van der Waals surface area contributed by atoms with Crippen molar-refractivity contribution in [1.82, 2.24) is 19.7 Å². The molecule has 1 fully saturated rings. The molecule has 0 bridgehead atoms. The molecule has 0 saturated carbocycles. The van der Waals surface area contributed by atoms with Crippen LogP contribution in [0.4, 0.5) is 13.2 Å². The number of rotatable bonds is 3. The minimum absolute atomic E-state index is 0.277. The van der Waals surface area contributed by atoms with Crippen molar-refractivity contribution in [2.75, 3.05) is 19.6 Å². The molecule has 2 aromatic heterocycles. The summed E-state index contributed by atoms with van der Waals surface area (Å²) in [5, 5.41) is 19.9. The minimum atomic E-state index is -4.52. The number of aryl methyl sites for hydroxylation is 2. The molecule has 0 aliphatic carbocycles. The van der Waals surface area contributed by atoms with Gasteiger partial charge >= 0.3 is 6.18 Å². The second kappa shape index (κ2) is 7.58. The van der Waals surface area contributed by atoms with Crippen molar-refractivity contribution in [3.8, 4) is 17.0 Å². The summed E-state index contributed by atoms with van der Waals surface area (Å²) in [6.45, 7) is 8.76. The standard InChI is InChI=1S/C22H25F3N4O/c1-4-28-7-5-6-16(12-28)29-11-14(3)17-10-18(26-27-21(17)29)20-13(2)8-15(9-19(20)30)22(23,24)25/h8-11,16,30H,4-7,12H2,1-3H3/t16-/m1/s1. The molecule has 3 aromatic rings. The maximum atomic E-state index is 13.0. The Morgan fingerprint density at radius 3 is 2.57 bits per heavy atom. The molecule has 1 aliphatic rings. The number of phenolic OH excluding ortho intramolecular Hbond substituents is 1. The van der Waals surface area contributed by atoms with E-state index in [0.717, 1.165) is 61.2 Å². The van der Waals surface area contributed by atoms with Crippen LogP contribution in [-0.4, -0.2) is 44.4 Å². The molecule has 0 spiro atoms. The SMILES string of the molecule is CCN1CCC[C@@H](n2cc(C)c3cc(-c4c(C)cc(C(F)(F)F)cc4O)nnc32)C1. The summed E-state index contributed by atoms with van der Waals surface area (Å²) in [7, 11) is 0. The molecule has 5 nitrogen and oxygen atoms in total. The van der Waals surface area contributed by atoms with E-state index in [1.807, 2.05) is 13.0 Å². The van der Waals surface area contributed by atoms with Gasteiger partial charge < -0.3 is 14.6 Å². The largest absolute Gasteiger partial charge is 0.507 e. The maximum absolute atomic E-state index is 13.0. The van der Waals surface area contributed by atoms with Crippen LogP contribution in [0.25, 0.3) is 22.3 Å². The number of benzene rings is 1. The molecule has 1 aliphatic heterocycles. The second-order valence-electron chi connectivity index (χ2n) is 8.06. The smallest absolute Gasteiger partial charge is 0.416 e. The van der Waals surface area contributed by atoms with Crippen molar-refractivity contribution in [2.24, 2.45) is 0 Å². The number of hydrogen-bond acceptors (Lipinski definition) is 4. The predicted octanol–water partition coefficient (Wildman–Crippen LogP) is 5.10. The van der Waals surface area contributed by atoms with Crippen LogP contribution in [0, 0.1) is 13.8 Å². The van der Waals surface area contributed by atoms with Gasteiger partial charge in [-0.3, -0.25) is 0 Å². The molecule has 0 radical (unpaired) electrons. The summed E-state index contributed by atoms with van der Waals surface area (Å²) in [6.07, 6.45) is -0.244. The fraction of sp³-hybridized carbons (Fsp3) is 0.455. The molecule has 1 N–H and O–H groups in total. The number of aromatic hydroxyl groups is 1. The third-order valence-electron chi connectivity index (χ3n) is 6.00. The number of fused-ring (bicyclic) bond motifs is 1. The third kappa shape index (κ3) is 3.64. The first-order valence-corrected chi connectivity index (χ1v) is 10.2. The number of likely N-dealkylation sites (tertiary alicyclic amines) is 1. The Balaban J connectivity index is 1.76. The number of likely N-dealkylation sites (N-methyl/N-ethyl adjacent to an activating group) is 1. The van der Waals surface area contributed by atoms with Gasteiger partial charge in [-0.1, -0.05) is 6.92 Å². The van der Waals surface area contributed by atoms with Crippen LogP contribution in [0.3, 0.4) is 0 Å². The number of hydrogen-bond donors (Lipinski definition) is 1. The van der Waals surface area contributed by atoms with E-state index in [4.69, 9.17) is 0 Å². The summed E-state index contributed by atoms with van der Waals surface area (Å²) in [4.78, 5) is 2.42. The fourth-order valence-corrected chi connectivity index (χ4v) is 4.42. The predicted molar refractivity (Wildman–Crippen MR) is 109 cm³/mol. The highest BCUT2D eigenvalue weighted by molar-refractivity contribution is 5.85. The highest BCUT2D eigenvalue weighted by Gasteiger charge is 2.32. The average Bonchev–Trinajstić information content (AvgIpc) is 3.03. The van der Waals surface area contributed by atoms with Gasteiger partial charge in [-0.2, -0.15) is 13.2 Å². The van der Waals surface area contributed by atoms with Crippen LogP contribution < -0.4 is 0 Å². The van der Waals surface area contributed by atoms with E-state index in [2.05, 4.69) is 32.8 Å². The zero-order valence-corrected chi connectivity index (χ0v) is 17.3. The minimum Gasteiger partial charge on any atom is -0.507 e. The lowest BCUT2D eigenvalue weighted by Crippen LogP contribution is -2.36. The summed E-state index contributed by atoms with van der Waals surface area (Å²) in [5.41, 5.74) is 1.86. The van der Waals surface area contributed by atoms with Crippen molar-refractivity contribution in [1.29, 1.82) is 0 Å². The summed E-state index contributed by atoms with van der Waals surface area (Å²) < 4.78 is 41.3. The van der Waals surface area contributed by atoms with Gasteiger partial charge in [-0.05, 0) is 69.1 Å². The van der Waals surface area contributed by atoms with E-state index in [1.54, 1.807) is 0 Å². The van der Waals surface area contributed by atoms with Gasteiger partial charge in [0.1, 0.15) is 5.75 Å². The van der Waals surface area contributed by atoms with Crippen molar-refractivity contribution in [3.63, 3.8) is 0 Å². The Morgan fingerprint density at radius 2 is 1.90 bits per heavy atom. The lowest BCUT2D eigenvalue weighted by molar-refractivity contribution is -0.137. The van der Waals surface area contributed by atoms with Crippen LogP contribution in [0.15, 0.2) is 24.4 Å². The summed E-state index contributed by atoms with van der Waals surface area (Å²) >= 11 is 0.